The Hall–Kier alpha value is -2.26. The van der Waals surface area contributed by atoms with E-state index in [9.17, 15) is 17.4 Å². The minimum Gasteiger partial charge on any atom is -0.302 e. The van der Waals surface area contributed by atoms with Crippen molar-refractivity contribution in [2.75, 3.05) is 11.0 Å². The number of pyridine rings is 1. The highest BCUT2D eigenvalue weighted by Gasteiger charge is 2.32. The maximum Gasteiger partial charge on any atom is 0.433 e. The summed E-state index contributed by atoms with van der Waals surface area (Å²) < 4.78 is 54.1. The van der Waals surface area contributed by atoms with Crippen LogP contribution in [0.4, 0.5) is 18.3 Å². The van der Waals surface area contributed by atoms with Gasteiger partial charge in [-0.25, -0.2) is 4.98 Å². The molecule has 0 saturated heterocycles. The number of nitrogens with one attached hydrogen (secondary N) is 1. The summed E-state index contributed by atoms with van der Waals surface area (Å²) in [6.07, 6.45) is 0.671. The van der Waals surface area contributed by atoms with E-state index in [-0.39, 0.29) is 0 Å². The normalized spacial score (nSPS) is 13.9. The standard InChI is InChI=1S/C19H20F3N3OS2/c1-13(15-8-9-17(23-11-15)19(20,21)22)28(2,26)25-18-24-12-16(27-18)10-14-6-4-3-5-7-14/h3-9,11-13,28H,10H2,1-2H3,(H,24,25,26). The average Bonchev–Trinajstić information content (AvgIpc) is 3.07. The van der Waals surface area contributed by atoms with Crippen molar-refractivity contribution >= 4 is 26.6 Å². The van der Waals surface area contributed by atoms with E-state index < -0.39 is 27.2 Å². The van der Waals surface area contributed by atoms with Gasteiger partial charge >= 0.3 is 6.18 Å². The number of hydrogen-bond donors (Lipinski definition) is 2. The zero-order valence-electron chi connectivity index (χ0n) is 15.3. The fourth-order valence-corrected chi connectivity index (χ4v) is 5.41. The Kier molecular flexibility index (Phi) is 5.85. The van der Waals surface area contributed by atoms with Gasteiger partial charge in [0.1, 0.15) is 5.69 Å². The molecule has 9 heteroatoms. The van der Waals surface area contributed by atoms with Crippen LogP contribution in [-0.4, -0.2) is 20.4 Å². The van der Waals surface area contributed by atoms with E-state index in [1.54, 1.807) is 19.4 Å². The van der Waals surface area contributed by atoms with Gasteiger partial charge in [-0.05, 0) is 34.2 Å². The zero-order valence-corrected chi connectivity index (χ0v) is 17.0. The van der Waals surface area contributed by atoms with Gasteiger partial charge in [0.2, 0.25) is 0 Å². The molecule has 0 spiro atoms. The molecule has 0 aliphatic rings. The van der Waals surface area contributed by atoms with E-state index in [4.69, 9.17) is 0 Å². The van der Waals surface area contributed by atoms with Gasteiger partial charge in [0, 0.05) is 29.9 Å². The largest absolute Gasteiger partial charge is 0.433 e. The molecule has 2 heterocycles. The molecule has 2 aromatic heterocycles. The smallest absolute Gasteiger partial charge is 0.302 e. The predicted octanol–water partition coefficient (Wildman–Crippen LogP) is 4.88. The first-order chi connectivity index (χ1) is 13.1. The van der Waals surface area contributed by atoms with Gasteiger partial charge in [-0.2, -0.15) is 13.2 Å². The number of thiol groups is 1. The van der Waals surface area contributed by atoms with Crippen LogP contribution in [0.15, 0.2) is 54.9 Å². The van der Waals surface area contributed by atoms with Crippen LogP contribution in [0.2, 0.25) is 0 Å². The van der Waals surface area contributed by atoms with Crippen molar-refractivity contribution in [2.45, 2.75) is 24.8 Å². The molecule has 1 N–H and O–H groups in total. The number of hydrogen-bond acceptors (Lipinski definition) is 4. The summed E-state index contributed by atoms with van der Waals surface area (Å²) in [6.45, 7) is 1.70. The molecule has 28 heavy (non-hydrogen) atoms. The Morgan fingerprint density at radius 1 is 1.11 bits per heavy atom. The third kappa shape index (κ3) is 4.96. The molecule has 0 radical (unpaired) electrons. The lowest BCUT2D eigenvalue weighted by Gasteiger charge is -2.27. The zero-order chi connectivity index (χ0) is 20.4. The molecule has 150 valence electrons. The maximum atomic E-state index is 13.1. The van der Waals surface area contributed by atoms with Gasteiger partial charge < -0.3 is 4.72 Å². The molecule has 1 unspecified atom stereocenters. The van der Waals surface area contributed by atoms with Crippen LogP contribution >= 0.6 is 11.3 Å². The van der Waals surface area contributed by atoms with Crippen LogP contribution in [-0.2, 0) is 22.7 Å². The number of alkyl halides is 3. The second kappa shape index (κ2) is 8.00. The second-order valence-corrected chi connectivity index (χ2v) is 10.6. The third-order valence-electron chi connectivity index (χ3n) is 4.39. The molecule has 1 atom stereocenters. The van der Waals surface area contributed by atoms with Gasteiger partial charge in [-0.15, -0.1) is 11.3 Å². The van der Waals surface area contributed by atoms with Gasteiger partial charge in [-0.3, -0.25) is 9.19 Å². The van der Waals surface area contributed by atoms with Crippen LogP contribution in [0.5, 0.6) is 0 Å². The van der Waals surface area contributed by atoms with Crippen molar-refractivity contribution in [2.24, 2.45) is 0 Å². The van der Waals surface area contributed by atoms with E-state index in [0.29, 0.717) is 10.7 Å². The van der Waals surface area contributed by atoms with E-state index in [1.807, 2.05) is 30.3 Å². The van der Waals surface area contributed by atoms with Crippen molar-refractivity contribution in [3.05, 3.63) is 76.6 Å². The van der Waals surface area contributed by atoms with E-state index in [1.165, 1.54) is 17.4 Å². The van der Waals surface area contributed by atoms with E-state index >= 15 is 0 Å². The van der Waals surface area contributed by atoms with Crippen LogP contribution in [0, 0.1) is 0 Å². The SMILES string of the molecule is CC(c1ccc(C(F)(F)F)nc1)[SH](C)(=O)Nc1ncc(Cc2ccccc2)s1. The number of benzene rings is 1. The molecule has 3 aromatic rings. The number of aromatic nitrogens is 2. The summed E-state index contributed by atoms with van der Waals surface area (Å²) in [5, 5.41) is 0.0206. The van der Waals surface area contributed by atoms with Crippen LogP contribution in [0.1, 0.15) is 33.9 Å². The Labute approximate surface area is 166 Å². The first kappa shape index (κ1) is 20.5. The van der Waals surface area contributed by atoms with Crippen LogP contribution in [0.3, 0.4) is 0 Å². The molecule has 1 aromatic carbocycles. The minimum atomic E-state index is -4.49. The molecule has 0 amide bonds. The summed E-state index contributed by atoms with van der Waals surface area (Å²) >= 11 is 1.41. The van der Waals surface area contributed by atoms with E-state index in [2.05, 4.69) is 14.7 Å². The highest BCUT2D eigenvalue weighted by molar-refractivity contribution is 8.03. The number of nitrogens with zero attached hydrogens (tertiary/aromatic N) is 2. The van der Waals surface area contributed by atoms with Gasteiger partial charge in [-0.1, -0.05) is 36.4 Å². The Bertz CT molecular complexity index is 972. The number of anilines is 1. The maximum absolute atomic E-state index is 13.1. The lowest BCUT2D eigenvalue weighted by atomic mass is 10.1. The molecular formula is C19H20F3N3OS2. The number of halogens is 3. The summed E-state index contributed by atoms with van der Waals surface area (Å²) in [7, 11) is -2.98. The fraction of sp³-hybridized carbons (Fsp3) is 0.263. The van der Waals surface area contributed by atoms with Gasteiger partial charge in [0.05, 0.1) is 5.25 Å². The molecule has 3 rings (SSSR count). The van der Waals surface area contributed by atoms with Crippen LogP contribution < -0.4 is 4.72 Å². The molecule has 0 bridgehead atoms. The molecule has 4 nitrogen and oxygen atoms in total. The highest BCUT2D eigenvalue weighted by atomic mass is 32.3. The first-order valence-corrected chi connectivity index (χ1v) is 11.6. The topological polar surface area (TPSA) is 54.9 Å². The quantitative estimate of drug-likeness (QED) is 0.551. The lowest BCUT2D eigenvalue weighted by molar-refractivity contribution is -0.141. The molecule has 0 fully saturated rings. The minimum absolute atomic E-state index is 0.479. The Morgan fingerprint density at radius 2 is 1.82 bits per heavy atom. The summed E-state index contributed by atoms with van der Waals surface area (Å²) in [6, 6.07) is 12.2. The second-order valence-electron chi connectivity index (χ2n) is 6.55. The van der Waals surface area contributed by atoms with Crippen molar-refractivity contribution in [1.29, 1.82) is 0 Å². The fourth-order valence-electron chi connectivity index (χ4n) is 2.63. The molecule has 0 aliphatic carbocycles. The number of rotatable bonds is 6. The average molecular weight is 428 g/mol. The first-order valence-electron chi connectivity index (χ1n) is 8.52. The predicted molar refractivity (Wildman–Crippen MR) is 108 cm³/mol. The van der Waals surface area contributed by atoms with E-state index in [0.717, 1.165) is 29.1 Å². The summed E-state index contributed by atoms with van der Waals surface area (Å²) in [5.41, 5.74) is 0.668. The molecular weight excluding hydrogens is 407 g/mol. The molecule has 0 saturated carbocycles. The Morgan fingerprint density at radius 3 is 2.43 bits per heavy atom. The van der Waals surface area contributed by atoms with Crippen LogP contribution in [0.25, 0.3) is 0 Å². The van der Waals surface area contributed by atoms with Crippen molar-refractivity contribution < 1.29 is 17.4 Å². The summed E-state index contributed by atoms with van der Waals surface area (Å²) in [4.78, 5) is 8.77. The third-order valence-corrected chi connectivity index (χ3v) is 7.89. The molecule has 0 aliphatic heterocycles. The van der Waals surface area contributed by atoms with Crippen molar-refractivity contribution in [3.8, 4) is 0 Å². The van der Waals surface area contributed by atoms with Crippen molar-refractivity contribution in [3.63, 3.8) is 0 Å². The number of thiazole rings is 1. The highest BCUT2D eigenvalue weighted by Crippen LogP contribution is 2.32. The van der Waals surface area contributed by atoms with Crippen molar-refractivity contribution in [1.82, 2.24) is 9.97 Å². The Balaban J connectivity index is 1.70. The lowest BCUT2D eigenvalue weighted by Crippen LogP contribution is -2.26. The summed E-state index contributed by atoms with van der Waals surface area (Å²) in [5.74, 6) is 0. The van der Waals surface area contributed by atoms with Gasteiger partial charge in [0.15, 0.2) is 5.13 Å². The monoisotopic (exact) mass is 427 g/mol. The van der Waals surface area contributed by atoms with Gasteiger partial charge in [0.25, 0.3) is 0 Å².